The van der Waals surface area contributed by atoms with Crippen LogP contribution in [0.25, 0.3) is 0 Å². The van der Waals surface area contributed by atoms with Crippen molar-refractivity contribution in [1.82, 2.24) is 0 Å². The molecule has 0 spiro atoms. The van der Waals surface area contributed by atoms with E-state index in [4.69, 9.17) is 28.4 Å². The van der Waals surface area contributed by atoms with Crippen molar-refractivity contribution < 1.29 is 47.6 Å². The Hall–Kier alpha value is -2.72. The molecule has 3 fully saturated rings. The molecule has 10 heteroatoms. The highest BCUT2D eigenvalue weighted by molar-refractivity contribution is 6.06. The quantitative estimate of drug-likeness (QED) is 0.432. The van der Waals surface area contributed by atoms with Gasteiger partial charge in [-0.2, -0.15) is 0 Å². The molecule has 10 nitrogen and oxygen atoms in total. The Morgan fingerprint density at radius 2 is 0.938 bits per heavy atom. The lowest BCUT2D eigenvalue weighted by Gasteiger charge is -2.57. The predicted octanol–water partition coefficient (Wildman–Crippen LogP) is 0.0922. The fourth-order valence-corrected chi connectivity index (χ4v) is 7.11. The van der Waals surface area contributed by atoms with Gasteiger partial charge in [0.05, 0.1) is 62.9 Å². The number of ether oxygens (including phenoxy) is 6. The second kappa shape index (κ2) is 6.41. The number of fused-ring (bicyclic) bond motifs is 12. The van der Waals surface area contributed by atoms with E-state index >= 15 is 0 Å². The lowest BCUT2D eigenvalue weighted by molar-refractivity contribution is -0.145. The van der Waals surface area contributed by atoms with Gasteiger partial charge in [0.25, 0.3) is 0 Å². The van der Waals surface area contributed by atoms with E-state index in [1.54, 1.807) is 13.8 Å². The molecule has 8 atom stereocenters. The maximum Gasteiger partial charge on any atom is 0.337 e. The second-order valence-corrected chi connectivity index (χ2v) is 9.04. The van der Waals surface area contributed by atoms with Gasteiger partial charge in [-0.25, -0.2) is 19.2 Å². The first-order valence-corrected chi connectivity index (χ1v) is 10.3. The molecule has 172 valence electrons. The predicted molar refractivity (Wildman–Crippen MR) is 103 cm³/mol. The summed E-state index contributed by atoms with van der Waals surface area (Å²) < 4.78 is 32.4. The van der Waals surface area contributed by atoms with Gasteiger partial charge in [-0.15, -0.1) is 0 Å². The molecule has 0 unspecified atom stereocenters. The second-order valence-electron chi connectivity index (χ2n) is 9.04. The molecule has 0 amide bonds. The van der Waals surface area contributed by atoms with Gasteiger partial charge in [0, 0.05) is 23.7 Å². The van der Waals surface area contributed by atoms with Gasteiger partial charge in [0.1, 0.15) is 11.2 Å². The normalized spacial score (nSPS) is 42.3. The van der Waals surface area contributed by atoms with E-state index < -0.39 is 47.3 Å². The zero-order valence-corrected chi connectivity index (χ0v) is 18.5. The summed E-state index contributed by atoms with van der Waals surface area (Å²) >= 11 is 0. The summed E-state index contributed by atoms with van der Waals surface area (Å²) in [4.78, 5) is 50.7. The minimum atomic E-state index is -1.13. The first kappa shape index (κ1) is 21.1. The van der Waals surface area contributed by atoms with Gasteiger partial charge < -0.3 is 28.4 Å². The van der Waals surface area contributed by atoms with Crippen LogP contribution < -0.4 is 0 Å². The molecule has 0 aromatic heterocycles. The van der Waals surface area contributed by atoms with Gasteiger partial charge in [-0.05, 0) is 13.8 Å². The van der Waals surface area contributed by atoms with E-state index in [1.807, 2.05) is 0 Å². The Labute approximate surface area is 183 Å². The van der Waals surface area contributed by atoms with Crippen LogP contribution in [0.3, 0.4) is 0 Å². The van der Waals surface area contributed by atoms with Gasteiger partial charge >= 0.3 is 23.9 Å². The molecule has 1 aliphatic carbocycles. The summed E-state index contributed by atoms with van der Waals surface area (Å²) in [7, 11) is 4.96. The molecular formula is C22H24O10. The van der Waals surface area contributed by atoms with Crippen molar-refractivity contribution in [3.8, 4) is 0 Å². The molecule has 32 heavy (non-hydrogen) atoms. The summed E-state index contributed by atoms with van der Waals surface area (Å²) in [6.07, 6.45) is -1.42. The van der Waals surface area contributed by atoms with Crippen molar-refractivity contribution in [2.24, 2.45) is 23.7 Å². The Kier molecular flexibility index (Phi) is 4.24. The highest BCUT2D eigenvalue weighted by Crippen LogP contribution is 2.76. The van der Waals surface area contributed by atoms with E-state index in [0.29, 0.717) is 0 Å². The van der Waals surface area contributed by atoms with E-state index in [9.17, 15) is 19.2 Å². The van der Waals surface area contributed by atoms with Crippen molar-refractivity contribution in [3.05, 3.63) is 22.3 Å². The van der Waals surface area contributed by atoms with Gasteiger partial charge in [-0.1, -0.05) is 0 Å². The molecule has 2 saturated heterocycles. The molecule has 0 aromatic rings. The van der Waals surface area contributed by atoms with Crippen LogP contribution in [0.4, 0.5) is 0 Å². The van der Waals surface area contributed by atoms with E-state index in [2.05, 4.69) is 0 Å². The lowest BCUT2D eigenvalue weighted by atomic mass is 9.42. The molecule has 1 saturated carbocycles. The Balaban J connectivity index is 1.65. The summed E-state index contributed by atoms with van der Waals surface area (Å²) in [5, 5.41) is 0. The molecule has 5 aliphatic rings. The Morgan fingerprint density at radius 3 is 1.22 bits per heavy atom. The molecular weight excluding hydrogens is 424 g/mol. The van der Waals surface area contributed by atoms with Crippen molar-refractivity contribution >= 4 is 23.9 Å². The van der Waals surface area contributed by atoms with Crippen LogP contribution in [-0.4, -0.2) is 75.7 Å². The maximum absolute atomic E-state index is 12.7. The number of carbonyl (C=O) groups is 4. The minimum absolute atomic E-state index is 0.139. The number of rotatable bonds is 4. The molecule has 4 bridgehead atoms. The Morgan fingerprint density at radius 1 is 0.625 bits per heavy atom. The third-order valence-corrected chi connectivity index (χ3v) is 8.07. The topological polar surface area (TPSA) is 124 Å². The van der Waals surface area contributed by atoms with Crippen LogP contribution in [0.1, 0.15) is 13.8 Å². The highest BCUT2D eigenvalue weighted by atomic mass is 16.6. The molecule has 0 N–H and O–H groups in total. The molecule has 4 heterocycles. The first-order chi connectivity index (χ1) is 15.1. The van der Waals surface area contributed by atoms with Crippen molar-refractivity contribution in [1.29, 1.82) is 0 Å². The largest absolute Gasteiger partial charge is 0.466 e. The SMILES string of the molecule is COC(=O)C1=C(C(=O)OC)[C@]2(C)O[C@H]1[C@H]1[C@@H]3[C@H]([C@H]12)[C@]1(C)O[C@H]3C(C(=O)OC)=C1C(=O)OC. The third-order valence-electron chi connectivity index (χ3n) is 8.07. The van der Waals surface area contributed by atoms with E-state index in [1.165, 1.54) is 28.4 Å². The average molecular weight is 448 g/mol. The maximum atomic E-state index is 12.7. The molecule has 5 rings (SSSR count). The third kappa shape index (κ3) is 2.08. The first-order valence-electron chi connectivity index (χ1n) is 10.3. The molecule has 0 aromatic carbocycles. The summed E-state index contributed by atoms with van der Waals surface area (Å²) in [6.45, 7) is 3.50. The summed E-state index contributed by atoms with van der Waals surface area (Å²) in [6, 6.07) is 0. The van der Waals surface area contributed by atoms with Gasteiger partial charge in [0.2, 0.25) is 0 Å². The zero-order chi connectivity index (χ0) is 23.3. The van der Waals surface area contributed by atoms with Crippen LogP contribution in [-0.2, 0) is 47.6 Å². The van der Waals surface area contributed by atoms with Crippen LogP contribution in [0.15, 0.2) is 22.3 Å². The number of hydrogen-bond acceptors (Lipinski definition) is 10. The average Bonchev–Trinajstić information content (AvgIpc) is 3.37. The summed E-state index contributed by atoms with van der Waals surface area (Å²) in [5.74, 6) is -3.54. The minimum Gasteiger partial charge on any atom is -0.466 e. The van der Waals surface area contributed by atoms with Crippen molar-refractivity contribution in [3.63, 3.8) is 0 Å². The number of esters is 4. The monoisotopic (exact) mass is 448 g/mol. The van der Waals surface area contributed by atoms with Crippen LogP contribution in [0.2, 0.25) is 0 Å². The lowest BCUT2D eigenvalue weighted by Crippen LogP contribution is -2.64. The number of methoxy groups -OCH3 is 4. The van der Waals surface area contributed by atoms with E-state index in [-0.39, 0.29) is 46.0 Å². The zero-order valence-electron chi connectivity index (χ0n) is 18.5. The standard InChI is InChI=1S/C22H24O10/c1-21-11-7(15(31-21)9(17(23)27-3)13(21)19(25)29-5)8-12(11)22(2)14(20(26)30-6)10(16(8)32-22)18(24)28-4/h7-8,11-12,15-16H,1-6H3/t7-,8+,11-,12+,15-,16+,21+,22-. The molecule has 0 radical (unpaired) electrons. The smallest absolute Gasteiger partial charge is 0.337 e. The Bertz CT molecular complexity index is 957. The summed E-state index contributed by atoms with van der Waals surface area (Å²) in [5.41, 5.74) is -1.69. The van der Waals surface area contributed by atoms with E-state index in [0.717, 1.165) is 0 Å². The van der Waals surface area contributed by atoms with Crippen LogP contribution in [0.5, 0.6) is 0 Å². The fourth-order valence-electron chi connectivity index (χ4n) is 7.11. The number of hydrogen-bond donors (Lipinski definition) is 0. The van der Waals surface area contributed by atoms with Gasteiger partial charge in [-0.3, -0.25) is 0 Å². The number of carbonyl (C=O) groups excluding carboxylic acids is 4. The van der Waals surface area contributed by atoms with Crippen molar-refractivity contribution in [2.75, 3.05) is 28.4 Å². The fraction of sp³-hybridized carbons (Fsp3) is 0.636. The van der Waals surface area contributed by atoms with Crippen LogP contribution in [0, 0.1) is 23.7 Å². The van der Waals surface area contributed by atoms with Gasteiger partial charge in [0.15, 0.2) is 0 Å². The molecule has 4 aliphatic heterocycles. The van der Waals surface area contributed by atoms with Crippen molar-refractivity contribution in [2.45, 2.75) is 37.3 Å². The van der Waals surface area contributed by atoms with Crippen LogP contribution >= 0.6 is 0 Å². The highest BCUT2D eigenvalue weighted by Gasteiger charge is 2.83.